The van der Waals surface area contributed by atoms with Crippen LogP contribution in [0, 0.1) is 0 Å². The zero-order chi connectivity index (χ0) is 15.0. The van der Waals surface area contributed by atoms with Crippen molar-refractivity contribution in [3.05, 3.63) is 35.7 Å². The highest BCUT2D eigenvalue weighted by atomic mass is 19.4. The third kappa shape index (κ3) is 2.87. The molecule has 0 atom stereocenters. The molecule has 0 spiro atoms. The standard InChI is InChI=1S/C14H14F3N3O/c15-14(16,17)9-4-6-20(7-5-9)8-12-19-13-10(18)2-1-3-11(13)21-12/h1-4H,5-8,18H2. The highest BCUT2D eigenvalue weighted by Gasteiger charge is 2.34. The van der Waals surface area contributed by atoms with E-state index in [1.165, 1.54) is 6.08 Å². The van der Waals surface area contributed by atoms with E-state index in [1.807, 2.05) is 4.90 Å². The number of anilines is 1. The first-order valence-electron chi connectivity index (χ1n) is 6.56. The van der Waals surface area contributed by atoms with E-state index in [-0.39, 0.29) is 13.0 Å². The summed E-state index contributed by atoms with van der Waals surface area (Å²) >= 11 is 0. The predicted molar refractivity (Wildman–Crippen MR) is 72.5 cm³/mol. The van der Waals surface area contributed by atoms with Gasteiger partial charge in [-0.25, -0.2) is 4.98 Å². The fraction of sp³-hybridized carbons (Fsp3) is 0.357. The van der Waals surface area contributed by atoms with E-state index >= 15 is 0 Å². The van der Waals surface area contributed by atoms with Crippen LogP contribution in [0.2, 0.25) is 0 Å². The van der Waals surface area contributed by atoms with Gasteiger partial charge in [0.2, 0.25) is 5.89 Å². The number of alkyl halides is 3. The Kier molecular flexibility index (Phi) is 3.36. The van der Waals surface area contributed by atoms with E-state index in [2.05, 4.69) is 4.98 Å². The smallest absolute Gasteiger partial charge is 0.412 e. The fourth-order valence-electron chi connectivity index (χ4n) is 2.39. The van der Waals surface area contributed by atoms with E-state index in [1.54, 1.807) is 18.2 Å². The van der Waals surface area contributed by atoms with Gasteiger partial charge in [0, 0.05) is 18.7 Å². The van der Waals surface area contributed by atoms with Crippen LogP contribution in [0.15, 0.2) is 34.3 Å². The highest BCUT2D eigenvalue weighted by Crippen LogP contribution is 2.30. The molecule has 2 N–H and O–H groups in total. The summed E-state index contributed by atoms with van der Waals surface area (Å²) in [6.45, 7) is 0.943. The lowest BCUT2D eigenvalue weighted by molar-refractivity contribution is -0.0961. The Morgan fingerprint density at radius 3 is 2.76 bits per heavy atom. The fourth-order valence-corrected chi connectivity index (χ4v) is 2.39. The maximum absolute atomic E-state index is 12.5. The van der Waals surface area contributed by atoms with Crippen LogP contribution < -0.4 is 5.73 Å². The number of nitrogens with zero attached hydrogens (tertiary/aromatic N) is 2. The maximum atomic E-state index is 12.5. The molecule has 0 saturated heterocycles. The summed E-state index contributed by atoms with van der Waals surface area (Å²) in [5.41, 5.74) is 7.05. The topological polar surface area (TPSA) is 55.3 Å². The molecule has 21 heavy (non-hydrogen) atoms. The molecule has 1 aliphatic heterocycles. The molecule has 3 rings (SSSR count). The minimum Gasteiger partial charge on any atom is -0.439 e. The molecule has 0 bridgehead atoms. The molecule has 7 heteroatoms. The van der Waals surface area contributed by atoms with Gasteiger partial charge in [0.1, 0.15) is 5.52 Å². The Morgan fingerprint density at radius 1 is 1.33 bits per heavy atom. The van der Waals surface area contributed by atoms with E-state index in [0.29, 0.717) is 35.8 Å². The van der Waals surface area contributed by atoms with Crippen molar-refractivity contribution in [1.29, 1.82) is 0 Å². The quantitative estimate of drug-likeness (QED) is 0.683. The molecule has 4 nitrogen and oxygen atoms in total. The second kappa shape index (κ2) is 5.07. The van der Waals surface area contributed by atoms with Gasteiger partial charge < -0.3 is 10.2 Å². The summed E-state index contributed by atoms with van der Waals surface area (Å²) in [5, 5.41) is 0. The van der Waals surface area contributed by atoms with Crippen LogP contribution in [0.5, 0.6) is 0 Å². The molecule has 0 fully saturated rings. The van der Waals surface area contributed by atoms with Crippen molar-refractivity contribution in [2.45, 2.75) is 19.1 Å². The lowest BCUT2D eigenvalue weighted by Crippen LogP contribution is -2.31. The van der Waals surface area contributed by atoms with Crippen LogP contribution >= 0.6 is 0 Å². The molecule has 2 heterocycles. The normalized spacial score (nSPS) is 17.2. The molecule has 0 radical (unpaired) electrons. The Morgan fingerprint density at radius 2 is 2.14 bits per heavy atom. The molecule has 0 saturated carbocycles. The van der Waals surface area contributed by atoms with Gasteiger partial charge in [0.05, 0.1) is 12.2 Å². The average molecular weight is 297 g/mol. The van der Waals surface area contributed by atoms with Crippen LogP contribution in [-0.2, 0) is 6.54 Å². The van der Waals surface area contributed by atoms with Gasteiger partial charge in [-0.15, -0.1) is 0 Å². The first kappa shape index (κ1) is 13.9. The van der Waals surface area contributed by atoms with Crippen molar-refractivity contribution in [3.63, 3.8) is 0 Å². The molecular formula is C14H14F3N3O. The van der Waals surface area contributed by atoms with Gasteiger partial charge in [-0.2, -0.15) is 13.2 Å². The summed E-state index contributed by atoms with van der Waals surface area (Å²) in [4.78, 5) is 6.16. The van der Waals surface area contributed by atoms with Crippen LogP contribution in [0.4, 0.5) is 18.9 Å². The van der Waals surface area contributed by atoms with Gasteiger partial charge in [-0.1, -0.05) is 12.1 Å². The van der Waals surface area contributed by atoms with Gasteiger partial charge >= 0.3 is 6.18 Å². The van der Waals surface area contributed by atoms with Crippen molar-refractivity contribution < 1.29 is 17.6 Å². The molecule has 2 aromatic rings. The minimum atomic E-state index is -4.22. The first-order chi connectivity index (χ1) is 9.93. The molecule has 0 unspecified atom stereocenters. The van der Waals surface area contributed by atoms with Crippen molar-refractivity contribution in [1.82, 2.24) is 9.88 Å². The number of benzene rings is 1. The summed E-state index contributed by atoms with van der Waals surface area (Å²) in [5.74, 6) is 0.465. The second-order valence-corrected chi connectivity index (χ2v) is 5.01. The summed E-state index contributed by atoms with van der Waals surface area (Å²) in [6, 6.07) is 5.26. The average Bonchev–Trinajstić information content (AvgIpc) is 2.82. The Bertz CT molecular complexity index is 690. The summed E-state index contributed by atoms with van der Waals surface area (Å²) in [7, 11) is 0. The van der Waals surface area contributed by atoms with Gasteiger partial charge in [-0.05, 0) is 18.6 Å². The number of fused-ring (bicyclic) bond motifs is 1. The van der Waals surface area contributed by atoms with Crippen molar-refractivity contribution in [3.8, 4) is 0 Å². The summed E-state index contributed by atoms with van der Waals surface area (Å²) in [6.07, 6.45) is -3.01. The second-order valence-electron chi connectivity index (χ2n) is 5.01. The number of para-hydroxylation sites is 1. The van der Waals surface area contributed by atoms with E-state index in [9.17, 15) is 13.2 Å². The third-order valence-corrected chi connectivity index (χ3v) is 3.51. The van der Waals surface area contributed by atoms with Crippen molar-refractivity contribution in [2.24, 2.45) is 0 Å². The molecule has 112 valence electrons. The number of nitrogen functional groups attached to an aromatic ring is 1. The number of hydrogen-bond acceptors (Lipinski definition) is 4. The lowest BCUT2D eigenvalue weighted by atomic mass is 10.1. The number of hydrogen-bond donors (Lipinski definition) is 1. The minimum absolute atomic E-state index is 0.00807. The Balaban J connectivity index is 1.72. The maximum Gasteiger partial charge on any atom is 0.412 e. The highest BCUT2D eigenvalue weighted by molar-refractivity contribution is 5.85. The number of oxazole rings is 1. The Labute approximate surface area is 119 Å². The van der Waals surface area contributed by atoms with Gasteiger partial charge in [-0.3, -0.25) is 4.90 Å². The van der Waals surface area contributed by atoms with Crippen molar-refractivity contribution >= 4 is 16.8 Å². The van der Waals surface area contributed by atoms with Crippen LogP contribution in [0.1, 0.15) is 12.3 Å². The summed E-state index contributed by atoms with van der Waals surface area (Å²) < 4.78 is 43.2. The van der Waals surface area contributed by atoms with Crippen LogP contribution in [-0.4, -0.2) is 29.1 Å². The Hall–Kier alpha value is -2.02. The molecular weight excluding hydrogens is 283 g/mol. The zero-order valence-corrected chi connectivity index (χ0v) is 11.2. The predicted octanol–water partition coefficient (Wildman–Crippen LogP) is 3.10. The van der Waals surface area contributed by atoms with E-state index < -0.39 is 11.7 Å². The van der Waals surface area contributed by atoms with E-state index in [0.717, 1.165) is 0 Å². The monoisotopic (exact) mass is 297 g/mol. The van der Waals surface area contributed by atoms with Gasteiger partial charge in [0.25, 0.3) is 0 Å². The molecule has 1 aromatic heterocycles. The third-order valence-electron chi connectivity index (χ3n) is 3.51. The van der Waals surface area contributed by atoms with Gasteiger partial charge in [0.15, 0.2) is 5.58 Å². The molecule has 0 aliphatic carbocycles. The largest absolute Gasteiger partial charge is 0.439 e. The molecule has 0 amide bonds. The number of halogens is 3. The number of rotatable bonds is 2. The first-order valence-corrected chi connectivity index (χ1v) is 6.56. The van der Waals surface area contributed by atoms with Crippen molar-refractivity contribution in [2.75, 3.05) is 18.8 Å². The number of nitrogens with two attached hydrogens (primary N) is 1. The zero-order valence-electron chi connectivity index (χ0n) is 11.2. The van der Waals surface area contributed by atoms with Crippen LogP contribution in [0.3, 0.4) is 0 Å². The van der Waals surface area contributed by atoms with E-state index in [4.69, 9.17) is 10.2 Å². The number of aromatic nitrogens is 1. The lowest BCUT2D eigenvalue weighted by Gasteiger charge is -2.25. The van der Waals surface area contributed by atoms with Crippen LogP contribution in [0.25, 0.3) is 11.1 Å². The molecule has 1 aromatic carbocycles. The SMILES string of the molecule is Nc1cccc2oc(CN3CC=C(C(F)(F)F)CC3)nc12. The molecule has 1 aliphatic rings.